The minimum absolute atomic E-state index is 0.240. The molecule has 0 aromatic rings. The molecule has 3 unspecified atom stereocenters. The van der Waals surface area contributed by atoms with Crippen molar-refractivity contribution in [1.82, 2.24) is 5.32 Å². The van der Waals surface area contributed by atoms with Gasteiger partial charge in [-0.05, 0) is 19.4 Å². The van der Waals surface area contributed by atoms with Gasteiger partial charge in [0.1, 0.15) is 0 Å². The standard InChI is InChI=1S/C14H29NO2/c1-4-6-7-12(5-2)10-13(15-3)14-11-16-8-9-17-14/h12-15H,4-11H2,1-3H3. The van der Waals surface area contributed by atoms with Crippen LogP contribution in [0.5, 0.6) is 0 Å². The topological polar surface area (TPSA) is 30.5 Å². The molecule has 0 radical (unpaired) electrons. The first kappa shape index (κ1) is 14.9. The van der Waals surface area contributed by atoms with Crippen molar-refractivity contribution in [3.63, 3.8) is 0 Å². The van der Waals surface area contributed by atoms with Gasteiger partial charge in [0.05, 0.1) is 25.9 Å². The molecule has 0 aliphatic carbocycles. The van der Waals surface area contributed by atoms with Crippen LogP contribution in [0.3, 0.4) is 0 Å². The number of unbranched alkanes of at least 4 members (excludes halogenated alkanes) is 1. The Morgan fingerprint density at radius 1 is 1.29 bits per heavy atom. The number of hydrogen-bond donors (Lipinski definition) is 1. The average Bonchev–Trinajstić information content (AvgIpc) is 2.40. The van der Waals surface area contributed by atoms with E-state index in [0.29, 0.717) is 6.04 Å². The van der Waals surface area contributed by atoms with Crippen molar-refractivity contribution >= 4 is 0 Å². The second-order valence-electron chi connectivity index (χ2n) is 5.03. The Balaban J connectivity index is 2.36. The molecule has 0 amide bonds. The zero-order chi connectivity index (χ0) is 12.5. The molecular weight excluding hydrogens is 214 g/mol. The molecule has 1 fully saturated rings. The first-order chi connectivity index (χ1) is 8.31. The molecule has 3 heteroatoms. The maximum Gasteiger partial charge on any atom is 0.0962 e. The van der Waals surface area contributed by atoms with E-state index in [-0.39, 0.29) is 6.10 Å². The van der Waals surface area contributed by atoms with Crippen molar-refractivity contribution in [3.05, 3.63) is 0 Å². The van der Waals surface area contributed by atoms with Crippen molar-refractivity contribution in [2.24, 2.45) is 5.92 Å². The molecule has 3 atom stereocenters. The van der Waals surface area contributed by atoms with E-state index in [0.717, 1.165) is 25.7 Å². The highest BCUT2D eigenvalue weighted by atomic mass is 16.6. The largest absolute Gasteiger partial charge is 0.376 e. The summed E-state index contributed by atoms with van der Waals surface area (Å²) >= 11 is 0. The third kappa shape index (κ3) is 5.36. The average molecular weight is 243 g/mol. The minimum Gasteiger partial charge on any atom is -0.376 e. The zero-order valence-corrected chi connectivity index (χ0v) is 11.7. The summed E-state index contributed by atoms with van der Waals surface area (Å²) in [5.41, 5.74) is 0. The molecule has 1 saturated heterocycles. The van der Waals surface area contributed by atoms with E-state index in [9.17, 15) is 0 Å². The van der Waals surface area contributed by atoms with E-state index >= 15 is 0 Å². The smallest absolute Gasteiger partial charge is 0.0962 e. The Morgan fingerprint density at radius 3 is 2.65 bits per heavy atom. The second-order valence-corrected chi connectivity index (χ2v) is 5.03. The molecule has 1 aliphatic heterocycles. The third-order valence-corrected chi connectivity index (χ3v) is 3.79. The van der Waals surface area contributed by atoms with Gasteiger partial charge in [-0.2, -0.15) is 0 Å². The molecule has 0 saturated carbocycles. The van der Waals surface area contributed by atoms with Crippen LogP contribution in [-0.4, -0.2) is 39.0 Å². The van der Waals surface area contributed by atoms with Gasteiger partial charge in [0.25, 0.3) is 0 Å². The maximum absolute atomic E-state index is 5.79. The van der Waals surface area contributed by atoms with Crippen molar-refractivity contribution < 1.29 is 9.47 Å². The van der Waals surface area contributed by atoms with Crippen LogP contribution in [0, 0.1) is 5.92 Å². The van der Waals surface area contributed by atoms with Crippen LogP contribution < -0.4 is 5.32 Å². The molecule has 1 heterocycles. The normalized spacial score (nSPS) is 24.5. The lowest BCUT2D eigenvalue weighted by atomic mass is 9.90. The van der Waals surface area contributed by atoms with E-state index in [4.69, 9.17) is 9.47 Å². The van der Waals surface area contributed by atoms with E-state index in [2.05, 4.69) is 19.2 Å². The van der Waals surface area contributed by atoms with Crippen LogP contribution in [0.1, 0.15) is 46.0 Å². The highest BCUT2D eigenvalue weighted by Crippen LogP contribution is 2.21. The quantitative estimate of drug-likeness (QED) is 0.711. The molecule has 0 aromatic carbocycles. The summed E-state index contributed by atoms with van der Waals surface area (Å²) in [4.78, 5) is 0. The van der Waals surface area contributed by atoms with E-state index in [1.807, 2.05) is 7.05 Å². The number of rotatable bonds is 8. The fourth-order valence-corrected chi connectivity index (χ4v) is 2.53. The van der Waals surface area contributed by atoms with E-state index < -0.39 is 0 Å². The van der Waals surface area contributed by atoms with E-state index in [1.54, 1.807) is 0 Å². The lowest BCUT2D eigenvalue weighted by molar-refractivity contribution is -0.103. The van der Waals surface area contributed by atoms with Crippen LogP contribution in [0.4, 0.5) is 0 Å². The van der Waals surface area contributed by atoms with Gasteiger partial charge in [-0.25, -0.2) is 0 Å². The van der Waals surface area contributed by atoms with Crippen molar-refractivity contribution in [2.45, 2.75) is 58.1 Å². The monoisotopic (exact) mass is 243 g/mol. The highest BCUT2D eigenvalue weighted by Gasteiger charge is 2.25. The van der Waals surface area contributed by atoms with Crippen LogP contribution in [-0.2, 0) is 9.47 Å². The van der Waals surface area contributed by atoms with E-state index in [1.165, 1.54) is 32.1 Å². The third-order valence-electron chi connectivity index (χ3n) is 3.79. The van der Waals surface area contributed by atoms with Crippen LogP contribution >= 0.6 is 0 Å². The Hall–Kier alpha value is -0.120. The fraction of sp³-hybridized carbons (Fsp3) is 1.00. The summed E-state index contributed by atoms with van der Waals surface area (Å²) in [6.45, 7) is 6.80. The molecule has 17 heavy (non-hydrogen) atoms. The molecule has 0 aromatic heterocycles. The lowest BCUT2D eigenvalue weighted by Gasteiger charge is -2.32. The van der Waals surface area contributed by atoms with Gasteiger partial charge >= 0.3 is 0 Å². The molecule has 1 aliphatic rings. The number of ether oxygens (including phenoxy) is 2. The van der Waals surface area contributed by atoms with Gasteiger partial charge in [0.2, 0.25) is 0 Å². The van der Waals surface area contributed by atoms with Crippen molar-refractivity contribution in [1.29, 1.82) is 0 Å². The highest BCUT2D eigenvalue weighted by molar-refractivity contribution is 4.80. The minimum atomic E-state index is 0.240. The Labute approximate surface area is 106 Å². The van der Waals surface area contributed by atoms with Crippen molar-refractivity contribution in [3.8, 4) is 0 Å². The van der Waals surface area contributed by atoms with Gasteiger partial charge in [-0.15, -0.1) is 0 Å². The van der Waals surface area contributed by atoms with Gasteiger partial charge in [-0.1, -0.05) is 39.5 Å². The molecule has 0 bridgehead atoms. The summed E-state index contributed by atoms with van der Waals surface area (Å²) in [6.07, 6.45) is 6.70. The lowest BCUT2D eigenvalue weighted by Crippen LogP contribution is -2.46. The molecule has 0 spiro atoms. The number of likely N-dealkylation sites (N-methyl/N-ethyl adjacent to an activating group) is 1. The van der Waals surface area contributed by atoms with Gasteiger partial charge in [0, 0.05) is 6.04 Å². The summed E-state index contributed by atoms with van der Waals surface area (Å²) in [7, 11) is 2.04. The van der Waals surface area contributed by atoms with Crippen LogP contribution in [0.15, 0.2) is 0 Å². The predicted octanol–water partition coefficient (Wildman–Crippen LogP) is 2.60. The molecule has 3 nitrogen and oxygen atoms in total. The summed E-state index contributed by atoms with van der Waals surface area (Å²) < 4.78 is 11.3. The first-order valence-corrected chi connectivity index (χ1v) is 7.18. The predicted molar refractivity (Wildman–Crippen MR) is 71.3 cm³/mol. The molecular formula is C14H29NO2. The molecule has 1 N–H and O–H groups in total. The van der Waals surface area contributed by atoms with Crippen molar-refractivity contribution in [2.75, 3.05) is 26.9 Å². The van der Waals surface area contributed by atoms with Crippen LogP contribution in [0.2, 0.25) is 0 Å². The SMILES string of the molecule is CCCCC(CC)CC(NC)C1COCCO1. The Bertz CT molecular complexity index is 181. The maximum atomic E-state index is 5.79. The van der Waals surface area contributed by atoms with Crippen LogP contribution in [0.25, 0.3) is 0 Å². The molecule has 1 rings (SSSR count). The van der Waals surface area contributed by atoms with Gasteiger partial charge < -0.3 is 14.8 Å². The zero-order valence-electron chi connectivity index (χ0n) is 11.7. The number of nitrogens with one attached hydrogen (secondary N) is 1. The Kier molecular flexibility index (Phi) is 7.82. The summed E-state index contributed by atoms with van der Waals surface area (Å²) in [5.74, 6) is 0.818. The molecule has 102 valence electrons. The summed E-state index contributed by atoms with van der Waals surface area (Å²) in [5, 5.41) is 3.41. The number of hydrogen-bond acceptors (Lipinski definition) is 3. The Morgan fingerprint density at radius 2 is 2.12 bits per heavy atom. The first-order valence-electron chi connectivity index (χ1n) is 7.18. The van der Waals surface area contributed by atoms with Gasteiger partial charge in [0.15, 0.2) is 0 Å². The van der Waals surface area contributed by atoms with Gasteiger partial charge in [-0.3, -0.25) is 0 Å². The summed E-state index contributed by atoms with van der Waals surface area (Å²) in [6, 6.07) is 0.442. The fourth-order valence-electron chi connectivity index (χ4n) is 2.53. The second kappa shape index (κ2) is 8.90.